The highest BCUT2D eigenvalue weighted by atomic mass is 35.5. The van der Waals surface area contributed by atoms with Crippen LogP contribution >= 0.6 is 11.6 Å². The molecule has 2 nitrogen and oxygen atoms in total. The highest BCUT2D eigenvalue weighted by Gasteiger charge is 2.25. The van der Waals surface area contributed by atoms with Crippen LogP contribution in [0.4, 0.5) is 0 Å². The van der Waals surface area contributed by atoms with Crippen molar-refractivity contribution in [2.75, 3.05) is 32.6 Å². The van der Waals surface area contributed by atoms with Gasteiger partial charge in [-0.1, -0.05) is 13.8 Å². The lowest BCUT2D eigenvalue weighted by Gasteiger charge is -2.36. The molecular weight excluding hydrogens is 222 g/mol. The Morgan fingerprint density at radius 1 is 1.44 bits per heavy atom. The zero-order valence-corrected chi connectivity index (χ0v) is 11.7. The summed E-state index contributed by atoms with van der Waals surface area (Å²) in [6, 6.07) is 0. The van der Waals surface area contributed by atoms with Gasteiger partial charge in [0.1, 0.15) is 0 Å². The molecule has 3 atom stereocenters. The summed E-state index contributed by atoms with van der Waals surface area (Å²) in [5.74, 6) is 2.25. The van der Waals surface area contributed by atoms with Gasteiger partial charge in [0.05, 0.1) is 6.10 Å². The van der Waals surface area contributed by atoms with Crippen LogP contribution in [0.1, 0.15) is 33.1 Å². The number of hydrogen-bond donors (Lipinski definition) is 0. The highest BCUT2D eigenvalue weighted by molar-refractivity contribution is 6.17. The largest absolute Gasteiger partial charge is 0.380 e. The Labute approximate surface area is 105 Å². The van der Waals surface area contributed by atoms with E-state index in [0.29, 0.717) is 12.0 Å². The van der Waals surface area contributed by atoms with E-state index < -0.39 is 0 Å². The second-order valence-electron chi connectivity index (χ2n) is 5.21. The first kappa shape index (κ1) is 14.3. The fourth-order valence-corrected chi connectivity index (χ4v) is 2.71. The lowest BCUT2D eigenvalue weighted by Crippen LogP contribution is -2.44. The number of piperidine rings is 1. The SMILES string of the molecule is COC1CN(CCC(C)CCCl)CCC1C. The Morgan fingerprint density at radius 2 is 2.19 bits per heavy atom. The first-order valence-corrected chi connectivity index (χ1v) is 7.02. The molecule has 0 spiro atoms. The molecule has 1 rings (SSSR count). The summed E-state index contributed by atoms with van der Waals surface area (Å²) in [7, 11) is 1.83. The topological polar surface area (TPSA) is 12.5 Å². The van der Waals surface area contributed by atoms with Crippen LogP contribution in [0.2, 0.25) is 0 Å². The molecule has 0 radical (unpaired) electrons. The minimum atomic E-state index is 0.428. The van der Waals surface area contributed by atoms with E-state index in [4.69, 9.17) is 16.3 Å². The Kier molecular flexibility index (Phi) is 6.71. The number of ether oxygens (including phenoxy) is 1. The zero-order chi connectivity index (χ0) is 12.0. The number of likely N-dealkylation sites (tertiary alicyclic amines) is 1. The molecule has 0 aromatic heterocycles. The minimum Gasteiger partial charge on any atom is -0.380 e. The van der Waals surface area contributed by atoms with E-state index in [-0.39, 0.29) is 0 Å². The molecule has 3 unspecified atom stereocenters. The third-order valence-electron chi connectivity index (χ3n) is 3.82. The number of alkyl halides is 1. The lowest BCUT2D eigenvalue weighted by molar-refractivity contribution is -0.00611. The standard InChI is InChI=1S/C13H26ClNO/c1-11(4-7-14)5-8-15-9-6-12(2)13(10-15)16-3/h11-13H,4-10H2,1-3H3. The van der Waals surface area contributed by atoms with Crippen LogP contribution < -0.4 is 0 Å². The van der Waals surface area contributed by atoms with E-state index in [0.717, 1.165) is 24.8 Å². The van der Waals surface area contributed by atoms with Crippen LogP contribution in [0.15, 0.2) is 0 Å². The first-order valence-electron chi connectivity index (χ1n) is 6.48. The molecule has 1 aliphatic heterocycles. The Morgan fingerprint density at radius 3 is 2.81 bits per heavy atom. The van der Waals surface area contributed by atoms with Crippen LogP contribution in [0.25, 0.3) is 0 Å². The van der Waals surface area contributed by atoms with Crippen LogP contribution in [0.5, 0.6) is 0 Å². The van der Waals surface area contributed by atoms with Gasteiger partial charge in [-0.05, 0) is 44.2 Å². The molecule has 1 aliphatic rings. The molecule has 0 aromatic carbocycles. The smallest absolute Gasteiger partial charge is 0.0724 e. The molecule has 3 heteroatoms. The summed E-state index contributed by atoms with van der Waals surface area (Å²) in [4.78, 5) is 2.54. The van der Waals surface area contributed by atoms with Gasteiger partial charge in [-0.15, -0.1) is 11.6 Å². The summed E-state index contributed by atoms with van der Waals surface area (Å²) in [6.07, 6.45) is 4.09. The van der Waals surface area contributed by atoms with E-state index in [9.17, 15) is 0 Å². The maximum atomic E-state index is 5.75. The second kappa shape index (κ2) is 7.52. The maximum Gasteiger partial charge on any atom is 0.0724 e. The summed E-state index contributed by atoms with van der Waals surface area (Å²) in [6.45, 7) is 8.12. The molecule has 1 heterocycles. The molecule has 1 saturated heterocycles. The van der Waals surface area contributed by atoms with Crippen molar-refractivity contribution in [1.82, 2.24) is 4.90 Å². The first-order chi connectivity index (χ1) is 7.67. The van der Waals surface area contributed by atoms with Crippen molar-refractivity contribution in [2.24, 2.45) is 11.8 Å². The van der Waals surface area contributed by atoms with Crippen molar-refractivity contribution in [3.63, 3.8) is 0 Å². The quantitative estimate of drug-likeness (QED) is 0.669. The van der Waals surface area contributed by atoms with Gasteiger partial charge in [0.15, 0.2) is 0 Å². The van der Waals surface area contributed by atoms with Gasteiger partial charge in [-0.3, -0.25) is 0 Å². The summed E-state index contributed by atoms with van der Waals surface area (Å²) < 4.78 is 5.53. The maximum absolute atomic E-state index is 5.75. The van der Waals surface area contributed by atoms with Crippen LogP contribution in [0.3, 0.4) is 0 Å². The van der Waals surface area contributed by atoms with Gasteiger partial charge in [0, 0.05) is 19.5 Å². The van der Waals surface area contributed by atoms with E-state index in [2.05, 4.69) is 18.7 Å². The lowest BCUT2D eigenvalue weighted by atomic mass is 9.95. The molecule has 0 bridgehead atoms. The van der Waals surface area contributed by atoms with Crippen LogP contribution in [0, 0.1) is 11.8 Å². The molecule has 0 amide bonds. The molecule has 0 N–H and O–H groups in total. The summed E-state index contributed by atoms with van der Waals surface area (Å²) in [5, 5.41) is 0. The van der Waals surface area contributed by atoms with Gasteiger partial charge in [-0.2, -0.15) is 0 Å². The van der Waals surface area contributed by atoms with Crippen molar-refractivity contribution in [2.45, 2.75) is 39.2 Å². The van der Waals surface area contributed by atoms with Crippen LogP contribution in [-0.4, -0.2) is 43.6 Å². The van der Waals surface area contributed by atoms with Crippen molar-refractivity contribution in [3.8, 4) is 0 Å². The number of nitrogens with zero attached hydrogens (tertiary/aromatic N) is 1. The zero-order valence-electron chi connectivity index (χ0n) is 10.9. The summed E-state index contributed by atoms with van der Waals surface area (Å²) >= 11 is 5.75. The Bertz CT molecular complexity index is 189. The van der Waals surface area contributed by atoms with Gasteiger partial charge < -0.3 is 9.64 Å². The van der Waals surface area contributed by atoms with E-state index >= 15 is 0 Å². The van der Waals surface area contributed by atoms with Gasteiger partial charge in [0.25, 0.3) is 0 Å². The summed E-state index contributed by atoms with van der Waals surface area (Å²) in [5.41, 5.74) is 0. The van der Waals surface area contributed by atoms with E-state index in [1.165, 1.54) is 25.9 Å². The third-order valence-corrected chi connectivity index (χ3v) is 4.03. The number of methoxy groups -OCH3 is 1. The predicted octanol–water partition coefficient (Wildman–Crippen LogP) is 3.00. The van der Waals surface area contributed by atoms with Crippen molar-refractivity contribution in [1.29, 1.82) is 0 Å². The molecule has 16 heavy (non-hydrogen) atoms. The molecule has 0 aliphatic carbocycles. The molecular formula is C13H26ClNO. The molecule has 96 valence electrons. The number of halogens is 1. The second-order valence-corrected chi connectivity index (χ2v) is 5.59. The van der Waals surface area contributed by atoms with Gasteiger partial charge in [0.2, 0.25) is 0 Å². The predicted molar refractivity (Wildman–Crippen MR) is 70.1 cm³/mol. The monoisotopic (exact) mass is 247 g/mol. The number of hydrogen-bond acceptors (Lipinski definition) is 2. The Balaban J connectivity index is 2.22. The average molecular weight is 248 g/mol. The van der Waals surface area contributed by atoms with E-state index in [1.807, 2.05) is 7.11 Å². The van der Waals surface area contributed by atoms with Crippen molar-refractivity contribution < 1.29 is 4.74 Å². The van der Waals surface area contributed by atoms with Gasteiger partial charge >= 0.3 is 0 Å². The molecule has 1 fully saturated rings. The van der Waals surface area contributed by atoms with Crippen LogP contribution in [-0.2, 0) is 4.74 Å². The number of rotatable bonds is 6. The van der Waals surface area contributed by atoms with Crippen molar-refractivity contribution in [3.05, 3.63) is 0 Å². The molecule has 0 aromatic rings. The third kappa shape index (κ3) is 4.60. The normalized spacial score (nSPS) is 29.2. The van der Waals surface area contributed by atoms with Gasteiger partial charge in [-0.25, -0.2) is 0 Å². The highest BCUT2D eigenvalue weighted by Crippen LogP contribution is 2.20. The van der Waals surface area contributed by atoms with E-state index in [1.54, 1.807) is 0 Å². The average Bonchev–Trinajstić information content (AvgIpc) is 2.28. The fourth-order valence-electron chi connectivity index (χ4n) is 2.34. The molecule has 0 saturated carbocycles. The Hall–Kier alpha value is 0.210. The minimum absolute atomic E-state index is 0.428. The fraction of sp³-hybridized carbons (Fsp3) is 1.00. The van der Waals surface area contributed by atoms with Crippen molar-refractivity contribution >= 4 is 11.6 Å².